The second-order valence-electron chi connectivity index (χ2n) is 3.38. The monoisotopic (exact) mass is 199 g/mol. The predicted molar refractivity (Wildman–Crippen MR) is 61.3 cm³/mol. The summed E-state index contributed by atoms with van der Waals surface area (Å²) in [7, 11) is 0. The van der Waals surface area contributed by atoms with Crippen molar-refractivity contribution in [1.82, 2.24) is 4.57 Å². The van der Waals surface area contributed by atoms with Crippen LogP contribution < -0.4 is 0 Å². The molecule has 0 bridgehead atoms. The standard InChI is InChI=1S/C13H13NO/c1-2-3-8-14-9-7-11-5-4-6-12(10-15)13(11)14/h4-7,9,15H,8,10H2,1H3. The topological polar surface area (TPSA) is 25.2 Å². The van der Waals surface area contributed by atoms with Gasteiger partial charge in [0.2, 0.25) is 0 Å². The maximum atomic E-state index is 9.25. The Bertz CT molecular complexity index is 528. The highest BCUT2D eigenvalue weighted by Crippen LogP contribution is 2.20. The van der Waals surface area contributed by atoms with E-state index in [2.05, 4.69) is 16.4 Å². The number of nitrogens with zero attached hydrogens (tertiary/aromatic N) is 1. The summed E-state index contributed by atoms with van der Waals surface area (Å²) in [6.07, 6.45) is 2.01. The molecule has 2 heteroatoms. The van der Waals surface area contributed by atoms with Crippen molar-refractivity contribution < 1.29 is 5.11 Å². The molecule has 0 atom stereocenters. The summed E-state index contributed by atoms with van der Waals surface area (Å²) in [6, 6.07) is 8.00. The van der Waals surface area contributed by atoms with Crippen LogP contribution in [0.3, 0.4) is 0 Å². The maximum Gasteiger partial charge on any atom is 0.0837 e. The molecule has 0 amide bonds. The molecule has 0 aliphatic carbocycles. The largest absolute Gasteiger partial charge is 0.392 e. The zero-order chi connectivity index (χ0) is 10.7. The van der Waals surface area contributed by atoms with Gasteiger partial charge in [0, 0.05) is 11.8 Å². The van der Waals surface area contributed by atoms with Crippen molar-refractivity contribution in [3.05, 3.63) is 36.0 Å². The van der Waals surface area contributed by atoms with Crippen LogP contribution in [0, 0.1) is 11.8 Å². The molecule has 2 rings (SSSR count). The molecule has 76 valence electrons. The molecule has 0 aliphatic rings. The highest BCUT2D eigenvalue weighted by Gasteiger charge is 2.04. The summed E-state index contributed by atoms with van der Waals surface area (Å²) in [5, 5.41) is 10.4. The third kappa shape index (κ3) is 1.74. The SMILES string of the molecule is CC#CCn1ccc2cccc(CO)c21. The van der Waals surface area contributed by atoms with Crippen molar-refractivity contribution >= 4 is 10.9 Å². The first kappa shape index (κ1) is 9.82. The van der Waals surface area contributed by atoms with Crippen LogP contribution in [0.25, 0.3) is 10.9 Å². The van der Waals surface area contributed by atoms with Gasteiger partial charge in [0.15, 0.2) is 0 Å². The summed E-state index contributed by atoms with van der Waals surface area (Å²) < 4.78 is 2.07. The molecule has 1 aromatic heterocycles. The Labute approximate surface area is 89.2 Å². The van der Waals surface area contributed by atoms with Crippen molar-refractivity contribution in [2.75, 3.05) is 0 Å². The Kier molecular flexibility index (Phi) is 2.75. The summed E-state index contributed by atoms with van der Waals surface area (Å²) in [5.74, 6) is 5.90. The number of aliphatic hydroxyl groups is 1. The predicted octanol–water partition coefficient (Wildman–Crippen LogP) is 2.16. The molecule has 15 heavy (non-hydrogen) atoms. The Hall–Kier alpha value is -1.72. The molecule has 0 spiro atoms. The fourth-order valence-electron chi connectivity index (χ4n) is 1.76. The Morgan fingerprint density at radius 2 is 2.20 bits per heavy atom. The fraction of sp³-hybridized carbons (Fsp3) is 0.231. The third-order valence-electron chi connectivity index (χ3n) is 2.47. The number of hydrogen-bond donors (Lipinski definition) is 1. The lowest BCUT2D eigenvalue weighted by molar-refractivity contribution is 0.283. The van der Waals surface area contributed by atoms with Gasteiger partial charge in [-0.1, -0.05) is 24.1 Å². The van der Waals surface area contributed by atoms with E-state index in [1.165, 1.54) is 0 Å². The van der Waals surface area contributed by atoms with E-state index < -0.39 is 0 Å². The Morgan fingerprint density at radius 3 is 2.93 bits per heavy atom. The van der Waals surface area contributed by atoms with Crippen LogP contribution >= 0.6 is 0 Å². The van der Waals surface area contributed by atoms with Gasteiger partial charge >= 0.3 is 0 Å². The van der Waals surface area contributed by atoms with E-state index in [0.29, 0.717) is 6.54 Å². The minimum atomic E-state index is 0.0703. The molecule has 0 radical (unpaired) electrons. The average molecular weight is 199 g/mol. The Balaban J connectivity index is 2.58. The number of fused-ring (bicyclic) bond motifs is 1. The fourth-order valence-corrected chi connectivity index (χ4v) is 1.76. The number of rotatable bonds is 2. The third-order valence-corrected chi connectivity index (χ3v) is 2.47. The molecule has 2 aromatic rings. The number of para-hydroxylation sites is 1. The number of hydrogen-bond acceptors (Lipinski definition) is 1. The van der Waals surface area contributed by atoms with Crippen molar-refractivity contribution in [2.45, 2.75) is 20.1 Å². The first-order chi connectivity index (χ1) is 7.36. The van der Waals surface area contributed by atoms with E-state index in [1.54, 1.807) is 0 Å². The van der Waals surface area contributed by atoms with Crippen LogP contribution in [0.2, 0.25) is 0 Å². The minimum absolute atomic E-state index is 0.0703. The highest BCUT2D eigenvalue weighted by molar-refractivity contribution is 5.83. The quantitative estimate of drug-likeness (QED) is 0.737. The lowest BCUT2D eigenvalue weighted by atomic mass is 10.1. The van der Waals surface area contributed by atoms with Crippen LogP contribution in [0.5, 0.6) is 0 Å². The van der Waals surface area contributed by atoms with E-state index in [4.69, 9.17) is 0 Å². The number of benzene rings is 1. The van der Waals surface area contributed by atoms with Crippen LogP contribution in [0.15, 0.2) is 30.5 Å². The van der Waals surface area contributed by atoms with Gasteiger partial charge in [-0.05, 0) is 18.4 Å². The van der Waals surface area contributed by atoms with Crippen LogP contribution in [-0.2, 0) is 13.2 Å². The smallest absolute Gasteiger partial charge is 0.0837 e. The second kappa shape index (κ2) is 4.20. The molecule has 0 saturated carbocycles. The van der Waals surface area contributed by atoms with Gasteiger partial charge in [0.1, 0.15) is 0 Å². The molecule has 1 aromatic carbocycles. The summed E-state index contributed by atoms with van der Waals surface area (Å²) in [6.45, 7) is 2.58. The number of aliphatic hydroxyl groups excluding tert-OH is 1. The lowest BCUT2D eigenvalue weighted by Crippen LogP contribution is -1.96. The zero-order valence-corrected chi connectivity index (χ0v) is 8.70. The first-order valence-electron chi connectivity index (χ1n) is 4.94. The van der Waals surface area contributed by atoms with E-state index >= 15 is 0 Å². The first-order valence-corrected chi connectivity index (χ1v) is 4.94. The van der Waals surface area contributed by atoms with Crippen molar-refractivity contribution in [1.29, 1.82) is 0 Å². The highest BCUT2D eigenvalue weighted by atomic mass is 16.3. The zero-order valence-electron chi connectivity index (χ0n) is 8.70. The number of aromatic nitrogens is 1. The molecular formula is C13H13NO. The van der Waals surface area contributed by atoms with Gasteiger partial charge in [-0.25, -0.2) is 0 Å². The molecule has 1 heterocycles. The van der Waals surface area contributed by atoms with Gasteiger partial charge in [0.25, 0.3) is 0 Å². The molecule has 2 nitrogen and oxygen atoms in total. The molecule has 1 N–H and O–H groups in total. The van der Waals surface area contributed by atoms with Crippen molar-refractivity contribution in [3.63, 3.8) is 0 Å². The van der Waals surface area contributed by atoms with Gasteiger partial charge < -0.3 is 9.67 Å². The van der Waals surface area contributed by atoms with Gasteiger partial charge in [-0.15, -0.1) is 5.92 Å². The average Bonchev–Trinajstić information content (AvgIpc) is 2.69. The van der Waals surface area contributed by atoms with Crippen molar-refractivity contribution in [2.24, 2.45) is 0 Å². The van der Waals surface area contributed by atoms with Crippen molar-refractivity contribution in [3.8, 4) is 11.8 Å². The molecular weight excluding hydrogens is 186 g/mol. The maximum absolute atomic E-state index is 9.25. The van der Waals surface area contributed by atoms with E-state index in [-0.39, 0.29) is 6.61 Å². The van der Waals surface area contributed by atoms with Gasteiger partial charge in [0.05, 0.1) is 18.7 Å². The molecule has 0 fully saturated rings. The summed E-state index contributed by atoms with van der Waals surface area (Å²) >= 11 is 0. The van der Waals surface area contributed by atoms with Crippen LogP contribution in [-0.4, -0.2) is 9.67 Å². The Morgan fingerprint density at radius 1 is 1.33 bits per heavy atom. The summed E-state index contributed by atoms with van der Waals surface area (Å²) in [5.41, 5.74) is 2.04. The molecule has 0 aliphatic heterocycles. The minimum Gasteiger partial charge on any atom is -0.392 e. The second-order valence-corrected chi connectivity index (χ2v) is 3.38. The lowest BCUT2D eigenvalue weighted by Gasteiger charge is -2.04. The molecule has 0 unspecified atom stereocenters. The van der Waals surface area contributed by atoms with Gasteiger partial charge in [-0.3, -0.25) is 0 Å². The van der Waals surface area contributed by atoms with Crippen LogP contribution in [0.4, 0.5) is 0 Å². The summed E-state index contributed by atoms with van der Waals surface area (Å²) in [4.78, 5) is 0. The molecule has 0 saturated heterocycles. The van der Waals surface area contributed by atoms with E-state index in [0.717, 1.165) is 16.5 Å². The van der Waals surface area contributed by atoms with Crippen LogP contribution in [0.1, 0.15) is 12.5 Å². The van der Waals surface area contributed by atoms with E-state index in [9.17, 15) is 5.11 Å². The van der Waals surface area contributed by atoms with E-state index in [1.807, 2.05) is 37.4 Å². The normalized spacial score (nSPS) is 10.0. The van der Waals surface area contributed by atoms with Gasteiger partial charge in [-0.2, -0.15) is 0 Å².